The molecule has 1 saturated heterocycles. The van der Waals surface area contributed by atoms with E-state index in [1.807, 2.05) is 49.4 Å². The van der Waals surface area contributed by atoms with Crippen LogP contribution in [-0.2, 0) is 0 Å². The van der Waals surface area contributed by atoms with Crippen LogP contribution in [0.2, 0.25) is 0 Å². The van der Waals surface area contributed by atoms with Gasteiger partial charge in [-0.15, -0.1) is 0 Å². The average molecular weight is 334 g/mol. The number of piperidine rings is 1. The van der Waals surface area contributed by atoms with Gasteiger partial charge in [-0.3, -0.25) is 9.69 Å². The Balaban J connectivity index is 1.79. The van der Waals surface area contributed by atoms with Gasteiger partial charge in [-0.2, -0.15) is 5.10 Å². The average Bonchev–Trinajstić information content (AvgIpc) is 3.02. The van der Waals surface area contributed by atoms with Crippen LogP contribution in [0.15, 0.2) is 42.5 Å². The maximum Gasteiger partial charge on any atom is 0.197 e. The molecule has 0 N–H and O–H groups in total. The maximum atomic E-state index is 13.2. The van der Waals surface area contributed by atoms with E-state index in [1.165, 1.54) is 19.3 Å². The number of fused-ring (bicyclic) bond motifs is 1. The van der Waals surface area contributed by atoms with Crippen LogP contribution >= 0.6 is 0 Å². The maximum absolute atomic E-state index is 13.2. The molecule has 2 aromatic heterocycles. The van der Waals surface area contributed by atoms with E-state index in [1.54, 1.807) is 4.52 Å². The van der Waals surface area contributed by atoms with E-state index >= 15 is 0 Å². The number of likely N-dealkylation sites (tertiary alicyclic amines) is 1. The Morgan fingerprint density at radius 2 is 1.80 bits per heavy atom. The number of aromatic nitrogens is 3. The first-order valence-corrected chi connectivity index (χ1v) is 8.90. The fraction of sp³-hybridized carbons (Fsp3) is 0.350. The zero-order valence-electron chi connectivity index (χ0n) is 14.5. The first kappa shape index (κ1) is 16.0. The number of carbonyl (C=O) groups is 1. The standard InChI is InChI=1S/C20H22N4O/c1-15-10-11-18-21-19(16-8-4-2-5-9-16)20(24(18)22-15)17(25)14-23-12-6-3-7-13-23/h2,4-5,8-11H,3,6-7,12-14H2,1H3. The monoisotopic (exact) mass is 334 g/mol. The molecule has 0 unspecified atom stereocenters. The molecule has 0 amide bonds. The minimum Gasteiger partial charge on any atom is -0.296 e. The SMILES string of the molecule is Cc1ccc2nc(-c3ccccc3)c(C(=O)CN3CCCCC3)n2n1. The van der Waals surface area contributed by atoms with Crippen molar-refractivity contribution in [3.8, 4) is 11.3 Å². The molecule has 4 rings (SSSR count). The van der Waals surface area contributed by atoms with Crippen molar-refractivity contribution in [1.29, 1.82) is 0 Å². The summed E-state index contributed by atoms with van der Waals surface area (Å²) in [5, 5.41) is 4.55. The number of imidazole rings is 1. The molecule has 3 heterocycles. The zero-order chi connectivity index (χ0) is 17.2. The van der Waals surface area contributed by atoms with Crippen LogP contribution in [0.3, 0.4) is 0 Å². The molecule has 3 aromatic rings. The second-order valence-electron chi connectivity index (χ2n) is 6.68. The van der Waals surface area contributed by atoms with E-state index < -0.39 is 0 Å². The van der Waals surface area contributed by atoms with Crippen molar-refractivity contribution in [1.82, 2.24) is 19.5 Å². The van der Waals surface area contributed by atoms with Crippen LogP contribution in [0.4, 0.5) is 0 Å². The summed E-state index contributed by atoms with van der Waals surface area (Å²) in [6.07, 6.45) is 3.60. The Hall–Kier alpha value is -2.53. The Morgan fingerprint density at radius 3 is 2.56 bits per heavy atom. The van der Waals surface area contributed by atoms with E-state index in [0.29, 0.717) is 17.9 Å². The molecule has 0 atom stereocenters. The van der Waals surface area contributed by atoms with E-state index in [-0.39, 0.29) is 5.78 Å². The zero-order valence-corrected chi connectivity index (χ0v) is 14.5. The van der Waals surface area contributed by atoms with Crippen LogP contribution in [0.25, 0.3) is 16.9 Å². The lowest BCUT2D eigenvalue weighted by molar-refractivity contribution is 0.0909. The Bertz CT molecular complexity index is 895. The predicted octanol–water partition coefficient (Wildman–Crippen LogP) is 3.37. The predicted molar refractivity (Wildman–Crippen MR) is 97.8 cm³/mol. The molecule has 5 heteroatoms. The van der Waals surface area contributed by atoms with E-state index in [9.17, 15) is 4.79 Å². The normalized spacial score (nSPS) is 15.6. The molecule has 1 fully saturated rings. The molecule has 1 aliphatic rings. The Kier molecular flexibility index (Phi) is 4.32. The highest BCUT2D eigenvalue weighted by atomic mass is 16.1. The number of Topliss-reactive ketones (excluding diaryl/α,β-unsaturated/α-hetero) is 1. The fourth-order valence-electron chi connectivity index (χ4n) is 3.47. The topological polar surface area (TPSA) is 50.5 Å². The summed E-state index contributed by atoms with van der Waals surface area (Å²) in [6.45, 7) is 4.36. The van der Waals surface area contributed by atoms with Gasteiger partial charge in [0.1, 0.15) is 11.4 Å². The summed E-state index contributed by atoms with van der Waals surface area (Å²) in [5.41, 5.74) is 3.85. The van der Waals surface area contributed by atoms with E-state index in [4.69, 9.17) is 4.98 Å². The van der Waals surface area contributed by atoms with Gasteiger partial charge in [-0.05, 0) is 45.0 Å². The van der Waals surface area contributed by atoms with Gasteiger partial charge in [0.25, 0.3) is 0 Å². The van der Waals surface area contributed by atoms with Gasteiger partial charge in [0.15, 0.2) is 11.4 Å². The lowest BCUT2D eigenvalue weighted by atomic mass is 10.1. The highest BCUT2D eigenvalue weighted by Crippen LogP contribution is 2.25. The number of aryl methyl sites for hydroxylation is 1. The molecule has 0 aliphatic carbocycles. The fourth-order valence-corrected chi connectivity index (χ4v) is 3.47. The van der Waals surface area contributed by atoms with Crippen molar-refractivity contribution in [2.24, 2.45) is 0 Å². The van der Waals surface area contributed by atoms with Crippen LogP contribution in [-0.4, -0.2) is 44.9 Å². The van der Waals surface area contributed by atoms with Crippen molar-refractivity contribution >= 4 is 11.4 Å². The van der Waals surface area contributed by atoms with Gasteiger partial charge >= 0.3 is 0 Å². The molecule has 128 valence electrons. The van der Waals surface area contributed by atoms with Gasteiger partial charge < -0.3 is 0 Å². The number of benzene rings is 1. The Morgan fingerprint density at radius 1 is 1.04 bits per heavy atom. The molecular weight excluding hydrogens is 312 g/mol. The van der Waals surface area contributed by atoms with Gasteiger partial charge in [0.05, 0.1) is 12.2 Å². The molecule has 1 aliphatic heterocycles. The summed E-state index contributed by atoms with van der Waals surface area (Å²) in [6, 6.07) is 13.7. The number of rotatable bonds is 4. The lowest BCUT2D eigenvalue weighted by Crippen LogP contribution is -2.35. The molecule has 0 bridgehead atoms. The molecule has 5 nitrogen and oxygen atoms in total. The highest BCUT2D eigenvalue weighted by Gasteiger charge is 2.24. The van der Waals surface area contributed by atoms with Crippen LogP contribution in [0.5, 0.6) is 0 Å². The van der Waals surface area contributed by atoms with Crippen molar-refractivity contribution in [3.63, 3.8) is 0 Å². The highest BCUT2D eigenvalue weighted by molar-refractivity contribution is 6.02. The van der Waals surface area contributed by atoms with Gasteiger partial charge in [0, 0.05) is 5.56 Å². The molecule has 1 aromatic carbocycles. The molecular formula is C20H22N4O. The quantitative estimate of drug-likeness (QED) is 0.687. The first-order valence-electron chi connectivity index (χ1n) is 8.90. The minimum absolute atomic E-state index is 0.0892. The number of hydrogen-bond donors (Lipinski definition) is 0. The van der Waals surface area contributed by atoms with Crippen molar-refractivity contribution in [3.05, 3.63) is 53.9 Å². The third kappa shape index (κ3) is 3.20. The first-order chi connectivity index (χ1) is 12.2. The summed E-state index contributed by atoms with van der Waals surface area (Å²) in [4.78, 5) is 20.1. The molecule has 0 radical (unpaired) electrons. The second-order valence-corrected chi connectivity index (χ2v) is 6.68. The number of carbonyl (C=O) groups excluding carboxylic acids is 1. The van der Waals surface area contributed by atoms with Gasteiger partial charge in [0.2, 0.25) is 0 Å². The van der Waals surface area contributed by atoms with Crippen LogP contribution in [0.1, 0.15) is 35.4 Å². The largest absolute Gasteiger partial charge is 0.296 e. The molecule has 25 heavy (non-hydrogen) atoms. The third-order valence-electron chi connectivity index (χ3n) is 4.74. The van der Waals surface area contributed by atoms with Crippen LogP contribution < -0.4 is 0 Å². The van der Waals surface area contributed by atoms with Gasteiger partial charge in [-0.25, -0.2) is 9.50 Å². The summed E-state index contributed by atoms with van der Waals surface area (Å²) < 4.78 is 1.71. The molecule has 0 spiro atoms. The third-order valence-corrected chi connectivity index (χ3v) is 4.74. The van der Waals surface area contributed by atoms with Crippen molar-refractivity contribution in [2.45, 2.75) is 26.2 Å². The van der Waals surface area contributed by atoms with Crippen LogP contribution in [0, 0.1) is 6.92 Å². The summed E-state index contributed by atoms with van der Waals surface area (Å²) in [5.74, 6) is 0.0892. The minimum atomic E-state index is 0.0892. The number of ketones is 1. The Labute approximate surface area is 147 Å². The molecule has 0 saturated carbocycles. The van der Waals surface area contributed by atoms with Crippen molar-refractivity contribution < 1.29 is 4.79 Å². The smallest absolute Gasteiger partial charge is 0.197 e. The lowest BCUT2D eigenvalue weighted by Gasteiger charge is -2.25. The second kappa shape index (κ2) is 6.76. The summed E-state index contributed by atoms with van der Waals surface area (Å²) in [7, 11) is 0. The van der Waals surface area contributed by atoms with E-state index in [0.717, 1.165) is 30.0 Å². The van der Waals surface area contributed by atoms with E-state index in [2.05, 4.69) is 10.00 Å². The van der Waals surface area contributed by atoms with Gasteiger partial charge in [-0.1, -0.05) is 36.8 Å². The number of nitrogens with zero attached hydrogens (tertiary/aromatic N) is 4. The van der Waals surface area contributed by atoms with Crippen molar-refractivity contribution in [2.75, 3.05) is 19.6 Å². The number of hydrogen-bond acceptors (Lipinski definition) is 4. The summed E-state index contributed by atoms with van der Waals surface area (Å²) >= 11 is 0.